The second kappa shape index (κ2) is 11.0. The molecule has 0 saturated heterocycles. The van der Waals surface area contributed by atoms with Gasteiger partial charge < -0.3 is 18.9 Å². The van der Waals surface area contributed by atoms with E-state index in [-0.39, 0.29) is 17.5 Å². The topological polar surface area (TPSA) is 88.1 Å². The maximum Gasteiger partial charge on any atom is 0.316 e. The van der Waals surface area contributed by atoms with Crippen LogP contribution in [0, 0.1) is 24.7 Å². The van der Waals surface area contributed by atoms with Gasteiger partial charge >= 0.3 is 11.9 Å². The van der Waals surface area contributed by atoms with Crippen LogP contribution in [0.5, 0.6) is 23.0 Å². The first-order valence-electron chi connectivity index (χ1n) is 11.6. The highest BCUT2D eigenvalue weighted by molar-refractivity contribution is 6.07. The molecule has 0 aliphatic rings. The quantitative estimate of drug-likeness (QED) is 0.197. The first-order chi connectivity index (χ1) is 16.6. The summed E-state index contributed by atoms with van der Waals surface area (Å²) in [6.07, 6.45) is 2.95. The maximum absolute atomic E-state index is 12.9. The average molecular weight is 497 g/mol. The zero-order valence-corrected chi connectivity index (χ0v) is 22.8. The summed E-state index contributed by atoms with van der Waals surface area (Å²) in [6.45, 7) is 14.2. The van der Waals surface area contributed by atoms with E-state index in [0.29, 0.717) is 39.5 Å². The van der Waals surface area contributed by atoms with Crippen molar-refractivity contribution in [1.82, 2.24) is 0 Å². The molecule has 0 spiro atoms. The molecule has 0 bridgehead atoms. The highest BCUT2D eigenvalue weighted by atomic mass is 16.5. The van der Waals surface area contributed by atoms with Crippen molar-refractivity contribution in [3.63, 3.8) is 0 Å². The van der Waals surface area contributed by atoms with Gasteiger partial charge in [-0.15, -0.1) is 0 Å². The third kappa shape index (κ3) is 6.53. The van der Waals surface area contributed by atoms with Crippen molar-refractivity contribution in [2.75, 3.05) is 14.2 Å². The summed E-state index contributed by atoms with van der Waals surface area (Å²) < 4.78 is 22.3. The Morgan fingerprint density at radius 2 is 1.17 bits per heavy atom. The summed E-state index contributed by atoms with van der Waals surface area (Å²) in [6, 6.07) is 6.31. The van der Waals surface area contributed by atoms with Crippen molar-refractivity contribution in [1.29, 1.82) is 0 Å². The lowest BCUT2D eigenvalue weighted by Gasteiger charge is -2.23. The van der Waals surface area contributed by atoms with Crippen LogP contribution in [0.1, 0.15) is 68.6 Å². The van der Waals surface area contributed by atoms with Crippen LogP contribution in [-0.2, 0) is 9.59 Å². The Bertz CT molecular complexity index is 1170. The summed E-state index contributed by atoms with van der Waals surface area (Å²) in [5.74, 6) is 0.508. The number of ketones is 1. The Morgan fingerprint density at radius 3 is 1.64 bits per heavy atom. The number of carbonyl (C=O) groups is 3. The number of esters is 2. The third-order valence-corrected chi connectivity index (χ3v) is 5.43. The Hall–Kier alpha value is -3.61. The number of methoxy groups -OCH3 is 2. The molecule has 0 atom stereocenters. The highest BCUT2D eigenvalue weighted by Gasteiger charge is 2.28. The van der Waals surface area contributed by atoms with E-state index in [1.807, 2.05) is 6.92 Å². The second-order valence-corrected chi connectivity index (χ2v) is 10.6. The van der Waals surface area contributed by atoms with Crippen LogP contribution in [0.2, 0.25) is 0 Å². The van der Waals surface area contributed by atoms with Crippen molar-refractivity contribution in [3.8, 4) is 23.0 Å². The van der Waals surface area contributed by atoms with Gasteiger partial charge in [0.15, 0.2) is 5.78 Å². The van der Waals surface area contributed by atoms with E-state index in [2.05, 4.69) is 0 Å². The molecular weight excluding hydrogens is 460 g/mol. The Kier molecular flexibility index (Phi) is 8.73. The number of allylic oxidation sites excluding steroid dienone is 1. The molecule has 0 aliphatic heterocycles. The molecule has 7 nitrogen and oxygen atoms in total. The van der Waals surface area contributed by atoms with E-state index in [9.17, 15) is 14.4 Å². The fraction of sp³-hybridized carbons (Fsp3) is 0.414. The number of carbonyl (C=O) groups excluding carboxylic acids is 3. The highest BCUT2D eigenvalue weighted by Crippen LogP contribution is 2.44. The number of benzene rings is 2. The fourth-order valence-electron chi connectivity index (χ4n) is 3.30. The molecule has 0 aliphatic carbocycles. The molecular formula is C29H36O7. The summed E-state index contributed by atoms with van der Waals surface area (Å²) in [4.78, 5) is 37.7. The van der Waals surface area contributed by atoms with Crippen LogP contribution in [0.4, 0.5) is 0 Å². The first-order valence-corrected chi connectivity index (χ1v) is 11.6. The Balaban J connectivity index is 2.45. The second-order valence-electron chi connectivity index (χ2n) is 10.6. The monoisotopic (exact) mass is 496 g/mol. The predicted octanol–water partition coefficient (Wildman–Crippen LogP) is 6.12. The number of rotatable bonds is 7. The van der Waals surface area contributed by atoms with Gasteiger partial charge in [0.1, 0.15) is 23.0 Å². The number of hydrogen-bond acceptors (Lipinski definition) is 7. The van der Waals surface area contributed by atoms with Gasteiger partial charge in [-0.3, -0.25) is 14.4 Å². The zero-order valence-electron chi connectivity index (χ0n) is 22.8. The summed E-state index contributed by atoms with van der Waals surface area (Å²) in [7, 11) is 3.04. The number of ether oxygens (including phenoxy) is 4. The molecule has 0 radical (unpaired) electrons. The Morgan fingerprint density at radius 1 is 0.694 bits per heavy atom. The molecule has 194 valence electrons. The first kappa shape index (κ1) is 28.6. The molecule has 36 heavy (non-hydrogen) atoms. The van der Waals surface area contributed by atoms with Gasteiger partial charge in [-0.25, -0.2) is 0 Å². The van der Waals surface area contributed by atoms with Gasteiger partial charge in [0.05, 0.1) is 30.6 Å². The lowest BCUT2D eigenvalue weighted by Crippen LogP contribution is -2.26. The average Bonchev–Trinajstić information content (AvgIpc) is 2.78. The van der Waals surface area contributed by atoms with Crippen LogP contribution < -0.4 is 18.9 Å². The smallest absolute Gasteiger partial charge is 0.316 e. The van der Waals surface area contributed by atoms with Gasteiger partial charge in [0.2, 0.25) is 0 Å². The van der Waals surface area contributed by atoms with Crippen molar-refractivity contribution in [2.45, 2.75) is 55.4 Å². The zero-order chi connectivity index (χ0) is 27.4. The van der Waals surface area contributed by atoms with Crippen LogP contribution in [0.25, 0.3) is 6.08 Å². The maximum atomic E-state index is 12.9. The van der Waals surface area contributed by atoms with Gasteiger partial charge in [-0.1, -0.05) is 0 Å². The van der Waals surface area contributed by atoms with Gasteiger partial charge in [0, 0.05) is 16.7 Å². The SMILES string of the molecule is COc1c(C)c(OC)c(C=CC(=O)c2ccc(OC(=O)C(C)(C)C)cc2)c(OC(=O)C(C)(C)C)c1C. The van der Waals surface area contributed by atoms with Gasteiger partial charge in [-0.2, -0.15) is 0 Å². The predicted molar refractivity (Wildman–Crippen MR) is 139 cm³/mol. The van der Waals surface area contributed by atoms with Crippen molar-refractivity contribution in [2.24, 2.45) is 10.8 Å². The molecule has 0 heterocycles. The molecule has 0 aromatic heterocycles. The standard InChI is InChI=1S/C29H36O7/c1-17-23(33-9)18(2)25(36-27(32)29(6,7)8)21(24(17)34-10)15-16-22(30)19-11-13-20(14-12-19)35-26(31)28(3,4)5/h11-16H,1-10H3. The normalized spacial score (nSPS) is 11.8. The molecule has 0 amide bonds. The van der Waals surface area contributed by atoms with Crippen LogP contribution in [0.3, 0.4) is 0 Å². The molecule has 2 aromatic carbocycles. The van der Waals surface area contributed by atoms with E-state index in [1.165, 1.54) is 20.3 Å². The van der Waals surface area contributed by atoms with Gasteiger partial charge in [0.25, 0.3) is 0 Å². The number of hydrogen-bond donors (Lipinski definition) is 0. The largest absolute Gasteiger partial charge is 0.496 e. The van der Waals surface area contributed by atoms with Crippen LogP contribution in [-0.4, -0.2) is 31.9 Å². The summed E-state index contributed by atoms with van der Waals surface area (Å²) in [5.41, 5.74) is 0.799. The van der Waals surface area contributed by atoms with Crippen LogP contribution >= 0.6 is 0 Å². The third-order valence-electron chi connectivity index (χ3n) is 5.43. The molecule has 2 aromatic rings. The fourth-order valence-corrected chi connectivity index (χ4v) is 3.30. The van der Waals surface area contributed by atoms with Crippen molar-refractivity contribution in [3.05, 3.63) is 52.6 Å². The molecule has 0 fully saturated rings. The minimum absolute atomic E-state index is 0.266. The molecule has 0 saturated carbocycles. The van der Waals surface area contributed by atoms with E-state index >= 15 is 0 Å². The lowest BCUT2D eigenvalue weighted by molar-refractivity contribution is -0.143. The van der Waals surface area contributed by atoms with Crippen LogP contribution in [0.15, 0.2) is 30.3 Å². The van der Waals surface area contributed by atoms with E-state index in [1.54, 1.807) is 78.8 Å². The molecule has 2 rings (SSSR count). The van der Waals surface area contributed by atoms with Crippen molar-refractivity contribution < 1.29 is 33.3 Å². The molecule has 0 unspecified atom stereocenters. The summed E-state index contributed by atoms with van der Waals surface area (Å²) >= 11 is 0. The lowest BCUT2D eigenvalue weighted by atomic mass is 9.96. The van der Waals surface area contributed by atoms with E-state index in [0.717, 1.165) is 0 Å². The van der Waals surface area contributed by atoms with E-state index < -0.39 is 16.8 Å². The minimum Gasteiger partial charge on any atom is -0.496 e. The van der Waals surface area contributed by atoms with Gasteiger partial charge in [-0.05, 0) is 91.8 Å². The van der Waals surface area contributed by atoms with Crippen molar-refractivity contribution >= 4 is 23.8 Å². The molecule has 7 heteroatoms. The summed E-state index contributed by atoms with van der Waals surface area (Å²) in [5, 5.41) is 0. The molecule has 0 N–H and O–H groups in total. The Labute approximate surface area is 213 Å². The van der Waals surface area contributed by atoms with E-state index in [4.69, 9.17) is 18.9 Å². The minimum atomic E-state index is -0.743.